The minimum absolute atomic E-state index is 0.0560. The van der Waals surface area contributed by atoms with E-state index in [-0.39, 0.29) is 18.6 Å². The Morgan fingerprint density at radius 3 is 2.81 bits per heavy atom. The molecule has 1 aromatic carbocycles. The third kappa shape index (κ3) is 4.61. The summed E-state index contributed by atoms with van der Waals surface area (Å²) in [5.74, 6) is 0.990. The van der Waals surface area contributed by atoms with Crippen LogP contribution in [-0.2, 0) is 4.79 Å². The van der Waals surface area contributed by atoms with Crippen LogP contribution in [0.3, 0.4) is 0 Å². The summed E-state index contributed by atoms with van der Waals surface area (Å²) in [4.78, 5) is 12.2. The van der Waals surface area contributed by atoms with Crippen molar-refractivity contribution >= 4 is 17.5 Å². The molecule has 5 heteroatoms. The number of carbonyl (C=O) groups is 1. The Hall–Kier alpha value is -1.26. The third-order valence-electron chi connectivity index (χ3n) is 3.77. The lowest BCUT2D eigenvalue weighted by Gasteiger charge is -2.21. The monoisotopic (exact) mass is 311 g/mol. The summed E-state index contributed by atoms with van der Waals surface area (Å²) < 4.78 is 5.66. The molecular weight excluding hydrogens is 290 g/mol. The number of rotatable bonds is 7. The molecule has 0 bridgehead atoms. The fourth-order valence-electron chi connectivity index (χ4n) is 2.31. The molecular formula is C16H22ClNO3. The second-order valence-corrected chi connectivity index (χ2v) is 6.04. The third-order valence-corrected chi connectivity index (χ3v) is 4.19. The minimum atomic E-state index is -0.578. The number of aliphatic hydroxyl groups is 1. The summed E-state index contributed by atoms with van der Waals surface area (Å²) in [5, 5.41) is 12.7. The zero-order chi connectivity index (χ0) is 15.4. The summed E-state index contributed by atoms with van der Waals surface area (Å²) in [6.07, 6.45) is 2.27. The van der Waals surface area contributed by atoms with Crippen molar-refractivity contribution in [1.29, 1.82) is 0 Å². The second-order valence-electron chi connectivity index (χ2n) is 5.64. The lowest BCUT2D eigenvalue weighted by molar-refractivity contribution is -0.128. The maximum Gasteiger partial charge on any atom is 0.261 e. The molecule has 1 aromatic rings. The second kappa shape index (κ2) is 7.14. The van der Waals surface area contributed by atoms with Crippen molar-refractivity contribution < 1.29 is 14.6 Å². The summed E-state index contributed by atoms with van der Waals surface area (Å²) in [5.41, 5.74) is 0.915. The molecule has 2 N–H and O–H groups in total. The van der Waals surface area contributed by atoms with Gasteiger partial charge in [0.2, 0.25) is 0 Å². The minimum Gasteiger partial charge on any atom is -0.481 e. The van der Waals surface area contributed by atoms with Gasteiger partial charge >= 0.3 is 0 Å². The zero-order valence-corrected chi connectivity index (χ0v) is 13.2. The fourth-order valence-corrected chi connectivity index (χ4v) is 2.43. The first-order chi connectivity index (χ1) is 10.0. The number of hydrogen-bond donors (Lipinski definition) is 2. The molecule has 2 atom stereocenters. The van der Waals surface area contributed by atoms with E-state index in [2.05, 4.69) is 5.32 Å². The van der Waals surface area contributed by atoms with Crippen molar-refractivity contribution in [3.8, 4) is 5.75 Å². The van der Waals surface area contributed by atoms with Crippen molar-refractivity contribution in [2.75, 3.05) is 6.61 Å². The Morgan fingerprint density at radius 1 is 1.52 bits per heavy atom. The first kappa shape index (κ1) is 16.1. The molecule has 0 radical (unpaired) electrons. The van der Waals surface area contributed by atoms with Crippen LogP contribution < -0.4 is 10.1 Å². The maximum absolute atomic E-state index is 12.2. The van der Waals surface area contributed by atoms with Gasteiger partial charge in [0.05, 0.1) is 0 Å². The van der Waals surface area contributed by atoms with Crippen molar-refractivity contribution in [2.45, 2.75) is 45.3 Å². The Kier molecular flexibility index (Phi) is 5.48. The van der Waals surface area contributed by atoms with E-state index in [0.717, 1.165) is 18.4 Å². The summed E-state index contributed by atoms with van der Waals surface area (Å²) in [6.45, 7) is 3.71. The Labute approximate surface area is 130 Å². The smallest absolute Gasteiger partial charge is 0.261 e. The highest BCUT2D eigenvalue weighted by atomic mass is 35.5. The topological polar surface area (TPSA) is 58.6 Å². The van der Waals surface area contributed by atoms with Gasteiger partial charge in [-0.1, -0.05) is 11.6 Å². The number of ether oxygens (including phenoxy) is 1. The van der Waals surface area contributed by atoms with E-state index in [0.29, 0.717) is 23.1 Å². The van der Waals surface area contributed by atoms with Crippen LogP contribution in [0.25, 0.3) is 0 Å². The first-order valence-electron chi connectivity index (χ1n) is 7.35. The average molecular weight is 312 g/mol. The van der Waals surface area contributed by atoms with Crippen LogP contribution in [0.15, 0.2) is 18.2 Å². The molecule has 0 aliphatic heterocycles. The molecule has 21 heavy (non-hydrogen) atoms. The van der Waals surface area contributed by atoms with Gasteiger partial charge in [0.1, 0.15) is 5.75 Å². The van der Waals surface area contributed by atoms with Crippen LogP contribution in [-0.4, -0.2) is 29.8 Å². The number of aryl methyl sites for hydroxylation is 1. The molecule has 0 spiro atoms. The van der Waals surface area contributed by atoms with E-state index >= 15 is 0 Å². The Bertz CT molecular complexity index is 502. The molecule has 116 valence electrons. The Balaban J connectivity index is 1.90. The van der Waals surface area contributed by atoms with E-state index in [1.54, 1.807) is 19.1 Å². The van der Waals surface area contributed by atoms with E-state index in [1.807, 2.05) is 13.0 Å². The van der Waals surface area contributed by atoms with Crippen molar-refractivity contribution in [2.24, 2.45) is 5.92 Å². The number of amides is 1. The lowest BCUT2D eigenvalue weighted by atomic mass is 10.1. The highest BCUT2D eigenvalue weighted by molar-refractivity contribution is 6.31. The molecule has 0 heterocycles. The Morgan fingerprint density at radius 2 is 2.24 bits per heavy atom. The number of hydrogen-bond acceptors (Lipinski definition) is 3. The molecule has 1 aliphatic carbocycles. The van der Waals surface area contributed by atoms with Crippen molar-refractivity contribution in [1.82, 2.24) is 5.32 Å². The molecule has 2 rings (SSSR count). The zero-order valence-electron chi connectivity index (χ0n) is 12.4. The molecule has 4 nitrogen and oxygen atoms in total. The summed E-state index contributed by atoms with van der Waals surface area (Å²) in [7, 11) is 0. The van der Waals surface area contributed by atoms with Crippen LogP contribution in [0.2, 0.25) is 5.02 Å². The van der Waals surface area contributed by atoms with Gasteiger partial charge in [-0.3, -0.25) is 4.79 Å². The number of nitrogens with one attached hydrogen (secondary N) is 1. The lowest BCUT2D eigenvalue weighted by Crippen LogP contribution is -2.44. The van der Waals surface area contributed by atoms with Gasteiger partial charge in [0, 0.05) is 17.7 Å². The average Bonchev–Trinajstić information content (AvgIpc) is 3.26. The van der Waals surface area contributed by atoms with Crippen molar-refractivity contribution in [3.63, 3.8) is 0 Å². The van der Waals surface area contributed by atoms with Gasteiger partial charge in [0.15, 0.2) is 6.10 Å². The predicted octanol–water partition coefficient (Wildman–Crippen LogP) is 2.69. The van der Waals surface area contributed by atoms with E-state index in [1.165, 1.54) is 0 Å². The molecule has 1 aliphatic rings. The van der Waals surface area contributed by atoms with Crippen LogP contribution >= 0.6 is 11.6 Å². The number of halogens is 1. The van der Waals surface area contributed by atoms with Crippen LogP contribution in [0.1, 0.15) is 31.7 Å². The summed E-state index contributed by atoms with van der Waals surface area (Å²) >= 11 is 5.97. The van der Waals surface area contributed by atoms with Gasteiger partial charge in [0.25, 0.3) is 5.91 Å². The fraction of sp³-hybridized carbons (Fsp3) is 0.562. The van der Waals surface area contributed by atoms with Gasteiger partial charge in [-0.05, 0) is 62.8 Å². The largest absolute Gasteiger partial charge is 0.481 e. The standard InChI is InChI=1S/C16H22ClNO3/c1-10-9-13(5-6-14(10)17)21-11(2)16(20)18-15(7-8-19)12-3-4-12/h5-6,9,11-12,15,19H,3-4,7-8H2,1-2H3,(H,18,20). The predicted molar refractivity (Wildman–Crippen MR) is 82.6 cm³/mol. The van der Waals surface area contributed by atoms with Gasteiger partial charge in [-0.15, -0.1) is 0 Å². The van der Waals surface area contributed by atoms with Crippen LogP contribution in [0, 0.1) is 12.8 Å². The summed E-state index contributed by atoms with van der Waals surface area (Å²) in [6, 6.07) is 5.39. The number of aliphatic hydroxyl groups excluding tert-OH is 1. The van der Waals surface area contributed by atoms with E-state index in [9.17, 15) is 4.79 Å². The van der Waals surface area contributed by atoms with Gasteiger partial charge in [-0.2, -0.15) is 0 Å². The quantitative estimate of drug-likeness (QED) is 0.814. The number of carbonyl (C=O) groups excluding carboxylic acids is 1. The van der Waals surface area contributed by atoms with Gasteiger partial charge in [-0.25, -0.2) is 0 Å². The van der Waals surface area contributed by atoms with E-state index in [4.69, 9.17) is 21.4 Å². The molecule has 1 saturated carbocycles. The van der Waals surface area contributed by atoms with E-state index < -0.39 is 6.10 Å². The normalized spacial score (nSPS) is 17.1. The molecule has 0 aromatic heterocycles. The molecule has 1 fully saturated rings. The molecule has 1 amide bonds. The molecule has 0 saturated heterocycles. The van der Waals surface area contributed by atoms with Gasteiger partial charge < -0.3 is 15.2 Å². The SMILES string of the molecule is Cc1cc(OC(C)C(=O)NC(CCO)C2CC2)ccc1Cl. The van der Waals surface area contributed by atoms with Crippen molar-refractivity contribution in [3.05, 3.63) is 28.8 Å². The first-order valence-corrected chi connectivity index (χ1v) is 7.73. The molecule has 2 unspecified atom stereocenters. The van der Waals surface area contributed by atoms with Crippen LogP contribution in [0.4, 0.5) is 0 Å². The maximum atomic E-state index is 12.2. The number of benzene rings is 1. The van der Waals surface area contributed by atoms with Crippen LogP contribution in [0.5, 0.6) is 5.75 Å². The highest BCUT2D eigenvalue weighted by Crippen LogP contribution is 2.34. The highest BCUT2D eigenvalue weighted by Gasteiger charge is 2.32.